The smallest absolute Gasteiger partial charge is 0.587 e. The summed E-state index contributed by atoms with van der Waals surface area (Å²) in [6.07, 6.45) is 4.39. The first-order valence-electron chi connectivity index (χ1n) is 16.1. The standard InChI is InChI=1S/C33H38F3N4O2.C2H6.CH3NO.K.H3N/c1-18(2)24-14-25(28(36)15-27(24)35)29-11-22(33(4)8-9-33)12-30(40-29)26(20-6-7-20)17-39-42-23-10-21(16-38-19(3)34)32(37)31(13-23)41-5;1-2;2-1-3;;/h10-16,18-20,26H,6-9,17,37H2,1-5H3;1-2H3;1H,(H2,2,3);;1H3/q-1;;;+1;/b38-16+;;;;. The van der Waals surface area contributed by atoms with Gasteiger partial charge >= 0.3 is 51.4 Å². The number of halogens is 3. The molecule has 1 heterocycles. The third kappa shape index (κ3) is 12.0. The molecule has 1 amide bonds. The number of aromatic nitrogens is 1. The number of nitrogen functional groups attached to an aromatic ring is 1. The molecule has 2 aliphatic carbocycles. The van der Waals surface area contributed by atoms with Gasteiger partial charge in [-0.05, 0) is 91.2 Å². The van der Waals surface area contributed by atoms with Crippen LogP contribution in [0.5, 0.6) is 11.5 Å². The normalized spacial score (nSPS) is 15.3. The quantitative estimate of drug-likeness (QED) is 0.0547. The van der Waals surface area contributed by atoms with Crippen molar-refractivity contribution in [2.75, 3.05) is 19.4 Å². The second kappa shape index (κ2) is 20.4. The van der Waals surface area contributed by atoms with Crippen molar-refractivity contribution in [2.45, 2.75) is 90.8 Å². The molecule has 264 valence electrons. The third-order valence-electron chi connectivity index (χ3n) is 8.33. The molecule has 13 heteroatoms. The topological polar surface area (TPSA) is 162 Å². The zero-order valence-corrected chi connectivity index (χ0v) is 33.1. The van der Waals surface area contributed by atoms with Gasteiger partial charge in [0.15, 0.2) is 6.30 Å². The van der Waals surface area contributed by atoms with Crippen LogP contribution < -0.4 is 78.6 Å². The molecule has 2 aromatic carbocycles. The van der Waals surface area contributed by atoms with Crippen LogP contribution in [-0.4, -0.2) is 37.6 Å². The van der Waals surface area contributed by atoms with Gasteiger partial charge in [-0.1, -0.05) is 34.6 Å². The van der Waals surface area contributed by atoms with Gasteiger partial charge in [0.05, 0.1) is 18.5 Å². The van der Waals surface area contributed by atoms with Gasteiger partial charge in [-0.3, -0.25) is 14.8 Å². The second-order valence-corrected chi connectivity index (χ2v) is 12.2. The summed E-state index contributed by atoms with van der Waals surface area (Å²) in [6, 6.07) is 9.89. The van der Waals surface area contributed by atoms with Crippen molar-refractivity contribution in [3.8, 4) is 22.8 Å². The zero-order chi connectivity index (χ0) is 34.9. The largest absolute Gasteiger partial charge is 1.00 e. The molecular weight excluding hydrogens is 661 g/mol. The van der Waals surface area contributed by atoms with Gasteiger partial charge in [-0.25, -0.2) is 13.2 Å². The van der Waals surface area contributed by atoms with Crippen molar-refractivity contribution in [1.29, 1.82) is 0 Å². The Morgan fingerprint density at radius 2 is 1.71 bits per heavy atom. The number of benzene rings is 2. The Morgan fingerprint density at radius 3 is 2.24 bits per heavy atom. The third-order valence-corrected chi connectivity index (χ3v) is 8.33. The summed E-state index contributed by atoms with van der Waals surface area (Å²) in [6.45, 7) is 11.6. The van der Waals surface area contributed by atoms with Crippen LogP contribution in [0.2, 0.25) is 0 Å². The predicted molar refractivity (Wildman–Crippen MR) is 187 cm³/mol. The number of primary amides is 1. The van der Waals surface area contributed by atoms with Crippen molar-refractivity contribution in [3.05, 3.63) is 75.9 Å². The van der Waals surface area contributed by atoms with Gasteiger partial charge in [-0.15, -0.1) is 6.54 Å². The van der Waals surface area contributed by atoms with E-state index in [2.05, 4.69) is 29.2 Å². The van der Waals surface area contributed by atoms with Crippen LogP contribution in [0.1, 0.15) is 101 Å². The van der Waals surface area contributed by atoms with Gasteiger partial charge in [0.1, 0.15) is 23.1 Å². The Kier molecular flexibility index (Phi) is 18.5. The summed E-state index contributed by atoms with van der Waals surface area (Å²) in [5, 5.41) is 0. The SMILES string of the molecule is CC.COc1cc(O[N-]CC(c2cc(C3(C)CC3)cc(-c3cc(C(C)C)c(F)cc3F)n2)C2CC2)cc(/C=N/C(C)F)c1N.N.NC=O.[K+]. The molecule has 49 heavy (non-hydrogen) atoms. The monoisotopic (exact) mass is 710 g/mol. The Labute approximate surface area is 331 Å². The van der Waals surface area contributed by atoms with Crippen molar-refractivity contribution in [3.63, 3.8) is 0 Å². The van der Waals surface area contributed by atoms with Crippen LogP contribution in [0, 0.1) is 17.6 Å². The van der Waals surface area contributed by atoms with E-state index in [4.69, 9.17) is 25.1 Å². The number of rotatable bonds is 12. The number of carbonyl (C=O) groups excluding carboxylic acids is 1. The number of methoxy groups -OCH3 is 1. The number of carbonyl (C=O) groups is 1. The number of anilines is 1. The number of nitrogens with two attached hydrogens (primary N) is 2. The van der Waals surface area contributed by atoms with Crippen LogP contribution in [0.15, 0.2) is 41.4 Å². The summed E-state index contributed by atoms with van der Waals surface area (Å²) in [5.74, 6) is -0.177. The molecule has 2 fully saturated rings. The van der Waals surface area contributed by atoms with E-state index in [0.29, 0.717) is 52.0 Å². The minimum absolute atomic E-state index is 0. The van der Waals surface area contributed by atoms with Gasteiger partial charge in [0, 0.05) is 35.2 Å². The number of hydrogen-bond donors (Lipinski definition) is 3. The number of amides is 1. The van der Waals surface area contributed by atoms with E-state index in [1.807, 2.05) is 33.8 Å². The van der Waals surface area contributed by atoms with Crippen LogP contribution in [0.3, 0.4) is 0 Å². The molecule has 0 bridgehead atoms. The number of hydroxylamine groups is 1. The van der Waals surface area contributed by atoms with E-state index in [1.165, 1.54) is 20.2 Å². The van der Waals surface area contributed by atoms with E-state index < -0.39 is 17.9 Å². The molecule has 0 saturated heterocycles. The van der Waals surface area contributed by atoms with Crippen LogP contribution in [-0.2, 0) is 10.2 Å². The fourth-order valence-corrected chi connectivity index (χ4v) is 5.22. The minimum atomic E-state index is -1.38. The van der Waals surface area contributed by atoms with Gasteiger partial charge in [0.2, 0.25) is 6.41 Å². The Hall–Kier alpha value is -2.52. The average molecular weight is 711 g/mol. The molecule has 1 aromatic heterocycles. The van der Waals surface area contributed by atoms with Crippen LogP contribution >= 0.6 is 0 Å². The summed E-state index contributed by atoms with van der Waals surface area (Å²) in [5.41, 5.74) is 18.7. The number of hydrogen-bond acceptors (Lipinski definition) is 7. The molecule has 2 saturated carbocycles. The summed E-state index contributed by atoms with van der Waals surface area (Å²) < 4.78 is 48.4. The molecule has 0 spiro atoms. The first-order valence-corrected chi connectivity index (χ1v) is 16.1. The minimum Gasteiger partial charge on any atom is -0.587 e. The molecular formula is C36H50F3KN6O3. The Bertz CT molecular complexity index is 1550. The van der Waals surface area contributed by atoms with Crippen molar-refractivity contribution >= 4 is 18.3 Å². The number of pyridine rings is 1. The number of alkyl halides is 1. The van der Waals surface area contributed by atoms with E-state index in [9.17, 15) is 8.78 Å². The van der Waals surface area contributed by atoms with E-state index in [-0.39, 0.29) is 81.2 Å². The maximum atomic E-state index is 15.2. The van der Waals surface area contributed by atoms with Crippen LogP contribution in [0.4, 0.5) is 18.9 Å². The summed E-state index contributed by atoms with van der Waals surface area (Å²) in [7, 11) is 1.49. The molecule has 9 nitrogen and oxygen atoms in total. The fourth-order valence-electron chi connectivity index (χ4n) is 5.22. The molecule has 2 atom stereocenters. The fraction of sp³-hybridized carbons (Fsp3) is 0.472. The van der Waals surface area contributed by atoms with Gasteiger partial charge in [0.25, 0.3) is 0 Å². The number of ether oxygens (including phenoxy) is 1. The average Bonchev–Trinajstić information content (AvgIpc) is 3.98. The second-order valence-electron chi connectivity index (χ2n) is 12.2. The van der Waals surface area contributed by atoms with E-state index in [1.54, 1.807) is 18.2 Å². The summed E-state index contributed by atoms with van der Waals surface area (Å²) >= 11 is 0. The predicted octanol–water partition coefficient (Wildman–Crippen LogP) is 5.68. The molecule has 5 rings (SSSR count). The van der Waals surface area contributed by atoms with Crippen LogP contribution in [0.25, 0.3) is 16.7 Å². The van der Waals surface area contributed by atoms with Gasteiger partial charge in [-0.2, -0.15) is 0 Å². The molecule has 0 radical (unpaired) electrons. The van der Waals surface area contributed by atoms with E-state index in [0.717, 1.165) is 43.0 Å². The molecule has 2 unspecified atom stereocenters. The van der Waals surface area contributed by atoms with Crippen molar-refractivity contribution < 1.29 is 78.9 Å². The number of nitrogens with zero attached hydrogens (tertiary/aromatic N) is 3. The molecule has 7 N–H and O–H groups in total. The maximum Gasteiger partial charge on any atom is 1.00 e. The number of aliphatic imine (C=N–C) groups is 1. The first kappa shape index (κ1) is 44.5. The van der Waals surface area contributed by atoms with Crippen molar-refractivity contribution in [2.24, 2.45) is 16.6 Å². The van der Waals surface area contributed by atoms with E-state index >= 15 is 4.39 Å². The first-order chi connectivity index (χ1) is 22.4. The molecule has 0 aliphatic heterocycles. The summed E-state index contributed by atoms with van der Waals surface area (Å²) in [4.78, 5) is 23.1. The maximum absolute atomic E-state index is 15.2. The van der Waals surface area contributed by atoms with Crippen molar-refractivity contribution in [1.82, 2.24) is 11.1 Å². The Balaban J connectivity index is 0.00000163. The van der Waals surface area contributed by atoms with Gasteiger partial charge < -0.3 is 32.7 Å². The zero-order valence-electron chi connectivity index (χ0n) is 30.0. The molecule has 3 aromatic rings. The molecule has 2 aliphatic rings. The Morgan fingerprint density at radius 1 is 1.08 bits per heavy atom.